The van der Waals surface area contributed by atoms with E-state index >= 15 is 0 Å². The van der Waals surface area contributed by atoms with Gasteiger partial charge < -0.3 is 16.4 Å². The fraction of sp³-hybridized carbons (Fsp3) is 0.692. The summed E-state index contributed by atoms with van der Waals surface area (Å²) in [5, 5.41) is 6.67. The summed E-state index contributed by atoms with van der Waals surface area (Å²) in [6.45, 7) is 12.0. The summed E-state index contributed by atoms with van der Waals surface area (Å²) >= 11 is 1.29. The lowest BCUT2D eigenvalue weighted by atomic mass is 9.82. The molecular formula is C13H24N4OS. The lowest BCUT2D eigenvalue weighted by Gasteiger charge is -2.27. The van der Waals surface area contributed by atoms with Crippen molar-refractivity contribution in [3.05, 3.63) is 4.88 Å². The zero-order valence-electron chi connectivity index (χ0n) is 12.3. The highest BCUT2D eigenvalue weighted by atomic mass is 32.1. The Balaban J connectivity index is 2.63. The standard InChI is InChI=1S/C13H24N4OS/c1-6-15-12-17-10(14)9(19-12)11(18)16-7-8(2)13(3,4)5/h8H,6-7,14H2,1-5H3,(H,15,17)(H,16,18). The maximum atomic E-state index is 12.1. The number of aromatic nitrogens is 1. The van der Waals surface area contributed by atoms with Crippen LogP contribution in [-0.2, 0) is 0 Å². The second-order valence-electron chi connectivity index (χ2n) is 5.74. The van der Waals surface area contributed by atoms with Crippen molar-refractivity contribution in [2.75, 3.05) is 24.1 Å². The maximum absolute atomic E-state index is 12.1. The normalized spacial score (nSPS) is 13.1. The number of nitrogen functional groups attached to an aromatic ring is 1. The van der Waals surface area contributed by atoms with Crippen molar-refractivity contribution in [3.8, 4) is 0 Å². The summed E-state index contributed by atoms with van der Waals surface area (Å²) in [7, 11) is 0. The third-order valence-electron chi connectivity index (χ3n) is 3.23. The van der Waals surface area contributed by atoms with Gasteiger partial charge in [-0.1, -0.05) is 39.0 Å². The highest BCUT2D eigenvalue weighted by molar-refractivity contribution is 7.18. The number of nitrogens with two attached hydrogens (primary N) is 1. The number of anilines is 2. The molecule has 6 heteroatoms. The number of carbonyl (C=O) groups excluding carboxylic acids is 1. The Bertz CT molecular complexity index is 436. The van der Waals surface area contributed by atoms with E-state index in [1.165, 1.54) is 11.3 Å². The summed E-state index contributed by atoms with van der Waals surface area (Å²) in [6.07, 6.45) is 0. The smallest absolute Gasteiger partial charge is 0.265 e. The molecule has 0 bridgehead atoms. The summed E-state index contributed by atoms with van der Waals surface area (Å²) in [4.78, 5) is 16.7. The molecule has 1 aromatic heterocycles. The van der Waals surface area contributed by atoms with E-state index in [2.05, 4.69) is 43.3 Å². The van der Waals surface area contributed by atoms with Gasteiger partial charge >= 0.3 is 0 Å². The van der Waals surface area contributed by atoms with E-state index in [9.17, 15) is 4.79 Å². The zero-order valence-corrected chi connectivity index (χ0v) is 13.1. The van der Waals surface area contributed by atoms with Gasteiger partial charge in [0, 0.05) is 13.1 Å². The second-order valence-corrected chi connectivity index (χ2v) is 6.74. The van der Waals surface area contributed by atoms with Crippen molar-refractivity contribution in [2.45, 2.75) is 34.6 Å². The molecule has 5 nitrogen and oxygen atoms in total. The number of thiazole rings is 1. The zero-order chi connectivity index (χ0) is 14.6. The van der Waals surface area contributed by atoms with Gasteiger partial charge in [0.25, 0.3) is 5.91 Å². The molecule has 0 radical (unpaired) electrons. The van der Waals surface area contributed by atoms with Crippen LogP contribution >= 0.6 is 11.3 Å². The Hall–Kier alpha value is -1.30. The number of carbonyl (C=O) groups is 1. The lowest BCUT2D eigenvalue weighted by molar-refractivity contribution is 0.0942. The Kier molecular flexibility index (Phi) is 5.17. The van der Waals surface area contributed by atoms with E-state index in [4.69, 9.17) is 5.73 Å². The summed E-state index contributed by atoms with van der Waals surface area (Å²) in [5.41, 5.74) is 5.93. The quantitative estimate of drug-likeness (QED) is 0.776. The number of amides is 1. The van der Waals surface area contributed by atoms with Crippen LogP contribution in [0.5, 0.6) is 0 Å². The largest absolute Gasteiger partial charge is 0.382 e. The van der Waals surface area contributed by atoms with E-state index in [-0.39, 0.29) is 11.3 Å². The first kappa shape index (κ1) is 15.8. The molecule has 1 amide bonds. The van der Waals surface area contributed by atoms with Crippen LogP contribution in [0.1, 0.15) is 44.3 Å². The molecule has 0 aliphatic carbocycles. The fourth-order valence-corrected chi connectivity index (χ4v) is 2.22. The first-order chi connectivity index (χ1) is 8.75. The summed E-state index contributed by atoms with van der Waals surface area (Å²) in [6, 6.07) is 0. The molecule has 19 heavy (non-hydrogen) atoms. The molecule has 4 N–H and O–H groups in total. The molecule has 1 rings (SSSR count). The van der Waals surface area contributed by atoms with Crippen molar-refractivity contribution < 1.29 is 4.79 Å². The van der Waals surface area contributed by atoms with Crippen molar-refractivity contribution in [2.24, 2.45) is 11.3 Å². The van der Waals surface area contributed by atoms with Gasteiger partial charge in [-0.15, -0.1) is 0 Å². The third-order valence-corrected chi connectivity index (χ3v) is 4.26. The Labute approximate surface area is 119 Å². The number of hydrogen-bond donors (Lipinski definition) is 3. The SMILES string of the molecule is CCNc1nc(N)c(C(=O)NCC(C)C(C)(C)C)s1. The van der Waals surface area contributed by atoms with Crippen molar-refractivity contribution >= 4 is 28.2 Å². The molecule has 0 saturated heterocycles. The van der Waals surface area contributed by atoms with Gasteiger partial charge in [-0.2, -0.15) is 0 Å². The average Bonchev–Trinajstić information content (AvgIpc) is 2.66. The Morgan fingerprint density at radius 1 is 1.47 bits per heavy atom. The maximum Gasteiger partial charge on any atom is 0.265 e. The molecule has 1 aromatic rings. The van der Waals surface area contributed by atoms with Gasteiger partial charge in [0.15, 0.2) is 5.13 Å². The molecule has 1 heterocycles. The third kappa shape index (κ3) is 4.38. The topological polar surface area (TPSA) is 80.0 Å². The molecule has 0 aromatic carbocycles. The van der Waals surface area contributed by atoms with Gasteiger partial charge in [0.05, 0.1) is 0 Å². The molecule has 0 spiro atoms. The molecule has 0 saturated carbocycles. The van der Waals surface area contributed by atoms with Crippen LogP contribution in [0.2, 0.25) is 0 Å². The van der Waals surface area contributed by atoms with Crippen LogP contribution in [0.4, 0.5) is 10.9 Å². The Morgan fingerprint density at radius 3 is 2.63 bits per heavy atom. The van der Waals surface area contributed by atoms with Crippen LogP contribution in [0.15, 0.2) is 0 Å². The van der Waals surface area contributed by atoms with E-state index in [0.29, 0.717) is 28.3 Å². The fourth-order valence-electron chi connectivity index (χ4n) is 1.35. The predicted molar refractivity (Wildman–Crippen MR) is 81.6 cm³/mol. The van der Waals surface area contributed by atoms with E-state index in [1.807, 2.05) is 6.92 Å². The molecule has 0 aliphatic rings. The van der Waals surface area contributed by atoms with Crippen LogP contribution in [0.3, 0.4) is 0 Å². The molecule has 0 fully saturated rings. The minimum atomic E-state index is -0.143. The second kappa shape index (κ2) is 6.23. The van der Waals surface area contributed by atoms with Crippen LogP contribution in [0, 0.1) is 11.3 Å². The number of hydrogen-bond acceptors (Lipinski definition) is 5. The van der Waals surface area contributed by atoms with Gasteiger partial charge in [0.1, 0.15) is 10.7 Å². The number of nitrogens with one attached hydrogen (secondary N) is 2. The van der Waals surface area contributed by atoms with Gasteiger partial charge in [-0.3, -0.25) is 4.79 Å². The molecular weight excluding hydrogens is 260 g/mol. The monoisotopic (exact) mass is 284 g/mol. The van der Waals surface area contributed by atoms with Crippen LogP contribution < -0.4 is 16.4 Å². The van der Waals surface area contributed by atoms with Crippen LogP contribution in [-0.4, -0.2) is 24.0 Å². The van der Waals surface area contributed by atoms with Gasteiger partial charge in [-0.05, 0) is 18.3 Å². The first-order valence-corrected chi connectivity index (χ1v) is 7.35. The molecule has 0 aliphatic heterocycles. The van der Waals surface area contributed by atoms with Crippen molar-refractivity contribution in [1.29, 1.82) is 0 Å². The number of rotatable bonds is 5. The van der Waals surface area contributed by atoms with E-state index in [1.54, 1.807) is 0 Å². The van der Waals surface area contributed by atoms with Crippen LogP contribution in [0.25, 0.3) is 0 Å². The first-order valence-electron chi connectivity index (χ1n) is 6.54. The highest BCUT2D eigenvalue weighted by Crippen LogP contribution is 2.26. The Morgan fingerprint density at radius 2 is 2.11 bits per heavy atom. The molecule has 108 valence electrons. The minimum Gasteiger partial charge on any atom is -0.382 e. The minimum absolute atomic E-state index is 0.143. The average molecular weight is 284 g/mol. The molecule has 1 atom stereocenters. The number of nitrogens with zero attached hydrogens (tertiary/aromatic N) is 1. The summed E-state index contributed by atoms with van der Waals surface area (Å²) in [5.74, 6) is 0.538. The predicted octanol–water partition coefficient (Wildman–Crippen LogP) is 2.57. The van der Waals surface area contributed by atoms with Gasteiger partial charge in [-0.25, -0.2) is 4.98 Å². The summed E-state index contributed by atoms with van der Waals surface area (Å²) < 4.78 is 0. The van der Waals surface area contributed by atoms with E-state index in [0.717, 1.165) is 6.54 Å². The van der Waals surface area contributed by atoms with Gasteiger partial charge in [0.2, 0.25) is 0 Å². The highest BCUT2D eigenvalue weighted by Gasteiger charge is 2.22. The van der Waals surface area contributed by atoms with Crippen molar-refractivity contribution in [1.82, 2.24) is 10.3 Å². The van der Waals surface area contributed by atoms with Crippen molar-refractivity contribution in [3.63, 3.8) is 0 Å². The molecule has 1 unspecified atom stereocenters. The lowest BCUT2D eigenvalue weighted by Crippen LogP contribution is -2.33. The van der Waals surface area contributed by atoms with E-state index < -0.39 is 0 Å².